The number of H-pyrrole nitrogens is 1. The minimum absolute atomic E-state index is 0.00287. The van der Waals surface area contributed by atoms with Crippen LogP contribution in [0.1, 0.15) is 25.8 Å². The van der Waals surface area contributed by atoms with E-state index < -0.39 is 23.4 Å². The zero-order valence-electron chi connectivity index (χ0n) is 18.5. The number of alkyl halides is 2. The molecule has 34 heavy (non-hydrogen) atoms. The van der Waals surface area contributed by atoms with E-state index in [-0.39, 0.29) is 30.9 Å². The van der Waals surface area contributed by atoms with Gasteiger partial charge in [-0.2, -0.15) is 0 Å². The van der Waals surface area contributed by atoms with E-state index in [4.69, 9.17) is 16.3 Å². The predicted octanol–water partition coefficient (Wildman–Crippen LogP) is 3.28. The molecule has 3 rings (SSSR count). The third-order valence-electron chi connectivity index (χ3n) is 5.00. The van der Waals surface area contributed by atoms with Crippen LogP contribution in [0.25, 0.3) is 0 Å². The molecular formula is C23H23ClF2N4O4. The molecule has 0 unspecified atom stereocenters. The Hall–Kier alpha value is -3.53. The molecule has 0 amide bonds. The number of rotatable bonds is 9. The molecule has 8 nitrogen and oxygen atoms in total. The standard InChI is InChI=1S/C23H23ClF2N4O4/c1-15(23(2,25)26)34-19-10-8-18(9-11-19)27-20-28-21(32)29(12-3-13-31)22(33)30(20)14-16-4-6-17(24)7-5-16/h4-11,13,15H,3,12,14H2,1-2H3,(H,27,28,32)/t15-/m1/s1. The van der Waals surface area contributed by atoms with Crippen molar-refractivity contribution in [2.45, 2.75) is 45.4 Å². The van der Waals surface area contributed by atoms with E-state index in [1.165, 1.54) is 35.8 Å². The molecular weight excluding hydrogens is 470 g/mol. The quantitative estimate of drug-likeness (QED) is 0.463. The predicted molar refractivity (Wildman–Crippen MR) is 123 cm³/mol. The van der Waals surface area contributed by atoms with Crippen LogP contribution in [0.15, 0.2) is 63.1 Å². The smallest absolute Gasteiger partial charge is 0.335 e. The third kappa shape index (κ3) is 6.28. The molecule has 0 spiro atoms. The van der Waals surface area contributed by atoms with Gasteiger partial charge >= 0.3 is 11.4 Å². The molecule has 0 aliphatic heterocycles. The van der Waals surface area contributed by atoms with E-state index >= 15 is 0 Å². The van der Waals surface area contributed by atoms with Crippen LogP contribution in [0, 0.1) is 0 Å². The van der Waals surface area contributed by atoms with Crippen molar-refractivity contribution < 1.29 is 18.3 Å². The maximum absolute atomic E-state index is 13.4. The van der Waals surface area contributed by atoms with Crippen molar-refractivity contribution in [1.82, 2.24) is 14.1 Å². The summed E-state index contributed by atoms with van der Waals surface area (Å²) in [6.07, 6.45) is -0.712. The van der Waals surface area contributed by atoms with Crippen LogP contribution in [-0.4, -0.2) is 32.4 Å². The molecule has 0 aliphatic carbocycles. The van der Waals surface area contributed by atoms with Crippen LogP contribution in [0.3, 0.4) is 0 Å². The molecule has 1 aromatic heterocycles. The average molecular weight is 493 g/mol. The van der Waals surface area contributed by atoms with E-state index in [1.807, 2.05) is 0 Å². The van der Waals surface area contributed by atoms with Gasteiger partial charge in [0.15, 0.2) is 6.10 Å². The highest BCUT2D eigenvalue weighted by molar-refractivity contribution is 6.30. The second-order valence-electron chi connectivity index (χ2n) is 7.68. The molecule has 0 bridgehead atoms. The lowest BCUT2D eigenvalue weighted by Crippen LogP contribution is -2.50. The summed E-state index contributed by atoms with van der Waals surface area (Å²) in [5.41, 5.74) is -0.284. The molecule has 1 atom stereocenters. The number of ether oxygens (including phenoxy) is 1. The summed E-state index contributed by atoms with van der Waals surface area (Å²) in [5, 5.41) is 0.529. The van der Waals surface area contributed by atoms with Gasteiger partial charge < -0.3 is 9.53 Å². The van der Waals surface area contributed by atoms with Crippen LogP contribution >= 0.6 is 11.6 Å². The second-order valence-corrected chi connectivity index (χ2v) is 8.11. The van der Waals surface area contributed by atoms with Gasteiger partial charge in [-0.3, -0.25) is 9.55 Å². The zero-order valence-corrected chi connectivity index (χ0v) is 19.3. The highest BCUT2D eigenvalue weighted by Gasteiger charge is 2.32. The van der Waals surface area contributed by atoms with Gasteiger partial charge in [-0.15, -0.1) is 0 Å². The highest BCUT2D eigenvalue weighted by Crippen LogP contribution is 2.24. The van der Waals surface area contributed by atoms with Crippen molar-refractivity contribution in [2.24, 2.45) is 4.99 Å². The molecule has 0 radical (unpaired) electrons. The van der Waals surface area contributed by atoms with Crippen LogP contribution in [-0.2, 0) is 17.9 Å². The molecule has 0 saturated carbocycles. The Morgan fingerprint density at radius 1 is 1.12 bits per heavy atom. The largest absolute Gasteiger partial charge is 0.484 e. The summed E-state index contributed by atoms with van der Waals surface area (Å²) in [6.45, 7) is 2.04. The topological polar surface area (TPSA) is 98.4 Å². The highest BCUT2D eigenvalue weighted by atomic mass is 35.5. The van der Waals surface area contributed by atoms with Gasteiger partial charge in [-0.1, -0.05) is 23.7 Å². The number of hydrogen-bond donors (Lipinski definition) is 1. The molecule has 0 aliphatic rings. The van der Waals surface area contributed by atoms with Crippen molar-refractivity contribution in [3.05, 3.63) is 85.7 Å². The fourth-order valence-corrected chi connectivity index (χ4v) is 3.09. The lowest BCUT2D eigenvalue weighted by atomic mass is 10.2. The van der Waals surface area contributed by atoms with Gasteiger partial charge in [-0.25, -0.2) is 27.9 Å². The van der Waals surface area contributed by atoms with E-state index in [2.05, 4.69) is 9.98 Å². The molecule has 11 heteroatoms. The molecule has 0 fully saturated rings. The first-order valence-corrected chi connectivity index (χ1v) is 10.8. The number of aldehydes is 1. The summed E-state index contributed by atoms with van der Waals surface area (Å²) >= 11 is 5.93. The summed E-state index contributed by atoms with van der Waals surface area (Å²) in [6, 6.07) is 12.8. The van der Waals surface area contributed by atoms with E-state index in [1.54, 1.807) is 24.3 Å². The third-order valence-corrected chi connectivity index (χ3v) is 5.26. The Kier molecular flexibility index (Phi) is 7.83. The van der Waals surface area contributed by atoms with Crippen molar-refractivity contribution in [3.8, 4) is 5.75 Å². The Balaban J connectivity index is 2.03. The number of nitrogens with one attached hydrogen (secondary N) is 1. The zero-order chi connectivity index (χ0) is 24.9. The minimum atomic E-state index is -3.01. The molecule has 3 aromatic rings. The molecule has 0 saturated heterocycles. The number of hydrogen-bond acceptors (Lipinski definition) is 5. The second kappa shape index (κ2) is 10.6. The first-order chi connectivity index (χ1) is 16.1. The van der Waals surface area contributed by atoms with Crippen LogP contribution in [0.5, 0.6) is 5.75 Å². The van der Waals surface area contributed by atoms with Gasteiger partial charge in [0, 0.05) is 24.9 Å². The van der Waals surface area contributed by atoms with Gasteiger partial charge in [0.05, 0.1) is 12.2 Å². The van der Waals surface area contributed by atoms with E-state index in [0.29, 0.717) is 17.0 Å². The fraction of sp³-hybridized carbons (Fsp3) is 0.304. The van der Waals surface area contributed by atoms with Gasteiger partial charge in [0.25, 0.3) is 5.92 Å². The summed E-state index contributed by atoms with van der Waals surface area (Å²) < 4.78 is 34.1. The first-order valence-electron chi connectivity index (χ1n) is 10.4. The molecule has 2 aromatic carbocycles. The minimum Gasteiger partial charge on any atom is -0.484 e. The van der Waals surface area contributed by atoms with Gasteiger partial charge in [0.2, 0.25) is 5.62 Å². The van der Waals surface area contributed by atoms with Crippen molar-refractivity contribution >= 4 is 23.6 Å². The summed E-state index contributed by atoms with van der Waals surface area (Å²) in [5.74, 6) is -2.79. The lowest BCUT2D eigenvalue weighted by molar-refractivity contribution is -0.108. The molecule has 1 N–H and O–H groups in total. The van der Waals surface area contributed by atoms with Crippen LogP contribution in [0.4, 0.5) is 14.5 Å². The Morgan fingerprint density at radius 3 is 2.35 bits per heavy atom. The van der Waals surface area contributed by atoms with Gasteiger partial charge in [0.1, 0.15) is 12.0 Å². The average Bonchev–Trinajstić information content (AvgIpc) is 2.78. The maximum atomic E-state index is 13.4. The van der Waals surface area contributed by atoms with Crippen molar-refractivity contribution in [2.75, 3.05) is 0 Å². The number of aromatic nitrogens is 3. The summed E-state index contributed by atoms with van der Waals surface area (Å²) in [7, 11) is 0. The Labute approximate surface area is 198 Å². The van der Waals surface area contributed by atoms with Crippen LogP contribution < -0.4 is 21.7 Å². The molecule has 180 valence electrons. The van der Waals surface area contributed by atoms with E-state index in [9.17, 15) is 23.2 Å². The van der Waals surface area contributed by atoms with Gasteiger partial charge in [-0.05, 0) is 48.9 Å². The number of nitrogens with zero attached hydrogens (tertiary/aromatic N) is 3. The summed E-state index contributed by atoms with van der Waals surface area (Å²) in [4.78, 5) is 43.2. The normalized spacial score (nSPS) is 13.0. The lowest BCUT2D eigenvalue weighted by Gasteiger charge is -2.20. The number of halogens is 3. The van der Waals surface area contributed by atoms with Crippen molar-refractivity contribution in [1.29, 1.82) is 0 Å². The monoisotopic (exact) mass is 492 g/mol. The van der Waals surface area contributed by atoms with Crippen molar-refractivity contribution in [3.63, 3.8) is 0 Å². The first kappa shape index (κ1) is 25.1. The Morgan fingerprint density at radius 2 is 1.76 bits per heavy atom. The SMILES string of the molecule is C[C@@H](Oc1ccc(/N=c2\[nH]c(=O)n(CCC=O)c(=O)n2Cc2ccc(Cl)cc2)cc1)C(C)(F)F. The van der Waals surface area contributed by atoms with Crippen LogP contribution in [0.2, 0.25) is 5.02 Å². The number of carbonyl (C=O) groups excluding carboxylic acids is 1. The maximum Gasteiger partial charge on any atom is 0.335 e. The molecule has 1 heterocycles. The Bertz CT molecular complexity index is 1320. The fourth-order valence-electron chi connectivity index (χ4n) is 2.97. The number of carbonyl (C=O) groups is 1. The number of benzene rings is 2. The number of aromatic amines is 1. The van der Waals surface area contributed by atoms with E-state index in [0.717, 1.165) is 17.1 Å².